The molecule has 0 N–H and O–H groups in total. The Hall–Kier alpha value is 2.14. The van der Waals surface area contributed by atoms with Crippen molar-refractivity contribution >= 4 is 7.82 Å². The fourth-order valence-electron chi connectivity index (χ4n) is 0. The van der Waals surface area contributed by atoms with Gasteiger partial charge in [0.25, 0.3) is 0 Å². The van der Waals surface area contributed by atoms with E-state index in [0.29, 0.717) is 0 Å². The van der Waals surface area contributed by atoms with Gasteiger partial charge in [-0.05, 0) is 0 Å². The van der Waals surface area contributed by atoms with Gasteiger partial charge < -0.3 is 19.2 Å². The van der Waals surface area contributed by atoms with Crippen molar-refractivity contribution in [2.45, 2.75) is 0 Å². The molecule has 0 unspecified atom stereocenters. The maximum absolute atomic E-state index is 8.55. The van der Waals surface area contributed by atoms with E-state index in [-0.39, 0.29) is 63.4 Å². The van der Waals surface area contributed by atoms with Crippen LogP contribution in [0.25, 0.3) is 0 Å². The number of hydrogen-bond acceptors (Lipinski definition) is 4. The molecule has 8 heavy (non-hydrogen) atoms. The summed E-state index contributed by atoms with van der Waals surface area (Å²) in [5.41, 5.74) is 0. The second kappa shape index (κ2) is 9.14. The fraction of sp³-hybridized carbons (Fsp3) is 0. The van der Waals surface area contributed by atoms with E-state index in [1.807, 2.05) is 0 Å². The summed E-state index contributed by atoms with van der Waals surface area (Å²) < 4.78 is 8.55. The summed E-state index contributed by atoms with van der Waals surface area (Å²) in [6.45, 7) is 0. The van der Waals surface area contributed by atoms with Crippen molar-refractivity contribution in [3.63, 3.8) is 0 Å². The minimum atomic E-state index is -5.39. The van der Waals surface area contributed by atoms with E-state index < -0.39 is 7.82 Å². The van der Waals surface area contributed by atoms with Crippen LogP contribution in [0.5, 0.6) is 0 Å². The zero-order valence-electron chi connectivity index (χ0n) is 3.77. The Morgan fingerprint density at radius 3 is 1.12 bits per heavy atom. The van der Waals surface area contributed by atoms with Crippen LogP contribution >= 0.6 is 7.82 Å². The molecule has 0 aliphatic heterocycles. The van der Waals surface area contributed by atoms with Gasteiger partial charge in [-0.15, -0.1) is 0 Å². The summed E-state index contributed by atoms with van der Waals surface area (Å²) >= 11 is 0. The Morgan fingerprint density at radius 1 is 1.12 bits per heavy atom. The van der Waals surface area contributed by atoms with Crippen molar-refractivity contribution in [2.75, 3.05) is 0 Å². The Bertz CT molecular complexity index is 62.2. The molecule has 0 rings (SSSR count). The minimum Gasteiger partial charge on any atom is -0.822 e. The molecule has 1 radical (unpaired) electrons. The quantitative estimate of drug-likeness (QED) is 0.308. The third kappa shape index (κ3) is 90.8. The van der Waals surface area contributed by atoms with Crippen molar-refractivity contribution in [1.29, 1.82) is 0 Å². The van der Waals surface area contributed by atoms with Crippen molar-refractivity contribution in [3.8, 4) is 0 Å². The summed E-state index contributed by atoms with van der Waals surface area (Å²) in [5.74, 6) is 0. The van der Waals surface area contributed by atoms with E-state index >= 15 is 0 Å². The standard InChI is InChI=1S/Co.Fe.Na.H3O4P/c;;;1-5(2,3)4/h;;;(H3,1,2,3,4)/q2*+2;+1;/p-3. The zero-order valence-corrected chi connectivity index (χ0v) is 8.81. The SMILES string of the molecule is O=P([O-])([O-])[O-].[Co+2].[Fe+2].[Na+]. The Kier molecular flexibility index (Phi) is 25.7. The second-order valence-electron chi connectivity index (χ2n) is 0.447. The summed E-state index contributed by atoms with van der Waals surface area (Å²) in [6, 6.07) is 0. The average Bonchev–Trinajstić information content (AvgIpc) is 0.722. The molecule has 0 amide bonds. The summed E-state index contributed by atoms with van der Waals surface area (Å²) in [7, 11) is -5.39. The molecular weight excluding hydrogens is 233 g/mol. The van der Waals surface area contributed by atoms with Crippen LogP contribution in [0.1, 0.15) is 0 Å². The van der Waals surface area contributed by atoms with Crippen LogP contribution in [0.4, 0.5) is 0 Å². The molecule has 0 aromatic carbocycles. The molecule has 0 heterocycles. The van der Waals surface area contributed by atoms with Gasteiger partial charge in [0.15, 0.2) is 0 Å². The van der Waals surface area contributed by atoms with Gasteiger partial charge in [-0.2, -0.15) is 7.82 Å². The minimum absolute atomic E-state index is 0. The van der Waals surface area contributed by atoms with Crippen molar-refractivity contribution in [3.05, 3.63) is 0 Å². The van der Waals surface area contributed by atoms with Gasteiger partial charge in [-0.1, -0.05) is 0 Å². The predicted octanol–water partition coefficient (Wildman–Crippen LogP) is -5.83. The van der Waals surface area contributed by atoms with E-state index in [2.05, 4.69) is 0 Å². The average molecular weight is 233 g/mol. The van der Waals surface area contributed by atoms with E-state index in [0.717, 1.165) is 0 Å². The van der Waals surface area contributed by atoms with Crippen LogP contribution in [-0.4, -0.2) is 0 Å². The molecule has 0 atom stereocenters. The Balaban J connectivity index is -0.0000000267. The molecule has 0 aliphatic rings. The largest absolute Gasteiger partial charge is 2.00 e. The van der Waals surface area contributed by atoms with Gasteiger partial charge in [0.2, 0.25) is 0 Å². The summed E-state index contributed by atoms with van der Waals surface area (Å²) in [6.07, 6.45) is 0. The van der Waals surface area contributed by atoms with E-state index in [1.54, 1.807) is 0 Å². The smallest absolute Gasteiger partial charge is 0.822 e. The van der Waals surface area contributed by atoms with Crippen molar-refractivity contribution in [2.24, 2.45) is 0 Å². The first kappa shape index (κ1) is 22.5. The summed E-state index contributed by atoms with van der Waals surface area (Å²) in [5, 5.41) is 0. The van der Waals surface area contributed by atoms with Crippen LogP contribution in [0.15, 0.2) is 0 Å². The summed E-state index contributed by atoms with van der Waals surface area (Å²) in [4.78, 5) is 25.6. The van der Waals surface area contributed by atoms with Crippen molar-refractivity contribution in [1.82, 2.24) is 0 Å². The molecule has 0 saturated heterocycles. The Morgan fingerprint density at radius 2 is 1.12 bits per heavy atom. The molecule has 0 fully saturated rings. The monoisotopic (exact) mass is 233 g/mol. The van der Waals surface area contributed by atoms with E-state index in [9.17, 15) is 0 Å². The third-order valence-electron chi connectivity index (χ3n) is 0. The van der Waals surface area contributed by atoms with Gasteiger partial charge in [0.05, 0.1) is 0 Å². The molecular formula is CoFeNaO4P+2. The molecule has 0 bridgehead atoms. The van der Waals surface area contributed by atoms with Gasteiger partial charge >= 0.3 is 63.4 Å². The molecule has 4 nitrogen and oxygen atoms in total. The van der Waals surface area contributed by atoms with Crippen LogP contribution in [0.2, 0.25) is 0 Å². The Labute approximate surface area is 89.6 Å². The van der Waals surface area contributed by atoms with Crippen LogP contribution in [0, 0.1) is 0 Å². The molecule has 45 valence electrons. The van der Waals surface area contributed by atoms with Gasteiger partial charge in [-0.25, -0.2) is 0 Å². The molecule has 8 heteroatoms. The molecule has 0 aromatic rings. The first-order chi connectivity index (χ1) is 2.00. The molecule has 0 aromatic heterocycles. The van der Waals surface area contributed by atoms with Gasteiger partial charge in [0.1, 0.15) is 0 Å². The number of hydrogen-bond donors (Lipinski definition) is 0. The van der Waals surface area contributed by atoms with Crippen LogP contribution in [-0.2, 0) is 38.4 Å². The second-order valence-corrected chi connectivity index (χ2v) is 1.34. The normalized spacial score (nSPS) is 7.38. The number of phosphoric acid groups is 1. The first-order valence-electron chi connectivity index (χ1n) is 0.730. The maximum Gasteiger partial charge on any atom is 2.00 e. The zero-order chi connectivity index (χ0) is 4.50. The van der Waals surface area contributed by atoms with Crippen molar-refractivity contribution < 1.29 is 82.7 Å². The van der Waals surface area contributed by atoms with E-state index in [1.165, 1.54) is 0 Å². The van der Waals surface area contributed by atoms with E-state index in [4.69, 9.17) is 19.2 Å². The molecule has 0 saturated carbocycles. The number of rotatable bonds is 0. The van der Waals surface area contributed by atoms with Gasteiger partial charge in [0, 0.05) is 0 Å². The first-order valence-corrected chi connectivity index (χ1v) is 2.19. The van der Waals surface area contributed by atoms with Crippen LogP contribution in [0.3, 0.4) is 0 Å². The predicted molar refractivity (Wildman–Crippen MR) is 7.61 cm³/mol. The molecule has 0 spiro atoms. The third-order valence-corrected chi connectivity index (χ3v) is 0. The topological polar surface area (TPSA) is 86.2 Å². The van der Waals surface area contributed by atoms with Gasteiger partial charge in [-0.3, -0.25) is 0 Å². The maximum atomic E-state index is 8.55. The fourth-order valence-corrected chi connectivity index (χ4v) is 0. The van der Waals surface area contributed by atoms with Crippen LogP contribution < -0.4 is 44.2 Å². The molecule has 0 aliphatic carbocycles.